The minimum atomic E-state index is -0.494. The molecule has 92 valence electrons. The number of halogens is 1. The Hall–Kier alpha value is -2.00. The van der Waals surface area contributed by atoms with Gasteiger partial charge in [0.25, 0.3) is 0 Å². The molecule has 0 aliphatic carbocycles. The lowest BCUT2D eigenvalue weighted by molar-refractivity contribution is -0.212. The summed E-state index contributed by atoms with van der Waals surface area (Å²) in [5.74, 6) is -0.0167. The molecule has 0 saturated heterocycles. The Kier molecular flexibility index (Phi) is 4.20. The van der Waals surface area contributed by atoms with Crippen molar-refractivity contribution in [3.8, 4) is 5.75 Å². The molecule has 0 saturated carbocycles. The minimum Gasteiger partial charge on any atom is -0.287 e. The van der Waals surface area contributed by atoms with Gasteiger partial charge in [0.05, 0.1) is 6.42 Å². The summed E-state index contributed by atoms with van der Waals surface area (Å²) in [5.41, 5.74) is 0.709. The third-order valence-corrected chi connectivity index (χ3v) is 2.64. The van der Waals surface area contributed by atoms with Gasteiger partial charge < -0.3 is 0 Å². The Morgan fingerprint density at radius 1 is 1.00 bits per heavy atom. The van der Waals surface area contributed by atoms with Crippen molar-refractivity contribution in [1.82, 2.24) is 0 Å². The molecule has 0 fully saturated rings. The van der Waals surface area contributed by atoms with E-state index >= 15 is 0 Å². The second-order valence-corrected chi connectivity index (χ2v) is 4.03. The van der Waals surface area contributed by atoms with Crippen molar-refractivity contribution in [1.29, 1.82) is 0 Å². The van der Waals surface area contributed by atoms with Crippen LogP contribution in [0.2, 0.25) is 5.02 Å². The summed E-state index contributed by atoms with van der Waals surface area (Å²) in [5, 5.41) is 0.536. The average molecular weight is 263 g/mol. The van der Waals surface area contributed by atoms with Crippen LogP contribution in [0.3, 0.4) is 0 Å². The summed E-state index contributed by atoms with van der Waals surface area (Å²) in [4.78, 5) is 21.1. The number of carbonyl (C=O) groups is 1. The summed E-state index contributed by atoms with van der Waals surface area (Å²) >= 11 is 5.94. The highest BCUT2D eigenvalue weighted by atomic mass is 35.5. The smallest absolute Gasteiger partial charge is 0.287 e. The Morgan fingerprint density at radius 3 is 2.39 bits per heavy atom. The molecular formula is C14H11ClO3. The van der Waals surface area contributed by atoms with Crippen molar-refractivity contribution in [2.24, 2.45) is 0 Å². The third-order valence-electron chi connectivity index (χ3n) is 2.27. The molecule has 0 amide bonds. The molecule has 0 heterocycles. The first kappa shape index (κ1) is 12.5. The SMILES string of the molecule is O=C(Cc1ccccc1Cl)OOc1ccccc1. The first-order valence-corrected chi connectivity index (χ1v) is 5.79. The van der Waals surface area contributed by atoms with Crippen LogP contribution in [-0.2, 0) is 16.1 Å². The Bertz CT molecular complexity index is 526. The van der Waals surface area contributed by atoms with Gasteiger partial charge in [0.15, 0.2) is 5.75 Å². The monoisotopic (exact) mass is 262 g/mol. The molecule has 0 aliphatic rings. The number of hydrogen-bond acceptors (Lipinski definition) is 3. The highest BCUT2D eigenvalue weighted by Gasteiger charge is 2.09. The van der Waals surface area contributed by atoms with E-state index in [-0.39, 0.29) is 6.42 Å². The summed E-state index contributed by atoms with van der Waals surface area (Å²) in [6.45, 7) is 0. The average Bonchev–Trinajstić information content (AvgIpc) is 2.40. The predicted molar refractivity (Wildman–Crippen MR) is 68.3 cm³/mol. The van der Waals surface area contributed by atoms with Crippen LogP contribution in [0.4, 0.5) is 0 Å². The lowest BCUT2D eigenvalue weighted by Crippen LogP contribution is -2.11. The van der Waals surface area contributed by atoms with E-state index in [2.05, 4.69) is 4.89 Å². The van der Waals surface area contributed by atoms with E-state index in [1.807, 2.05) is 12.1 Å². The van der Waals surface area contributed by atoms with Gasteiger partial charge in [0, 0.05) is 5.02 Å². The van der Waals surface area contributed by atoms with Gasteiger partial charge in [-0.3, -0.25) is 9.78 Å². The fourth-order valence-corrected chi connectivity index (χ4v) is 1.60. The van der Waals surface area contributed by atoms with E-state index < -0.39 is 5.97 Å². The van der Waals surface area contributed by atoms with Crippen molar-refractivity contribution >= 4 is 17.6 Å². The predicted octanol–water partition coefficient (Wildman–Crippen LogP) is 3.42. The number of para-hydroxylation sites is 1. The van der Waals surface area contributed by atoms with Crippen LogP contribution >= 0.6 is 11.6 Å². The zero-order valence-electron chi connectivity index (χ0n) is 9.51. The van der Waals surface area contributed by atoms with Crippen molar-refractivity contribution in [3.63, 3.8) is 0 Å². The lowest BCUT2D eigenvalue weighted by Gasteiger charge is -2.05. The Labute approximate surface area is 110 Å². The molecule has 4 heteroatoms. The van der Waals surface area contributed by atoms with Gasteiger partial charge >= 0.3 is 5.97 Å². The molecule has 18 heavy (non-hydrogen) atoms. The van der Waals surface area contributed by atoms with Crippen LogP contribution < -0.4 is 4.89 Å². The van der Waals surface area contributed by atoms with Gasteiger partial charge in [-0.15, -0.1) is 0 Å². The van der Waals surface area contributed by atoms with E-state index in [4.69, 9.17) is 16.5 Å². The summed E-state index contributed by atoms with van der Waals surface area (Å²) in [7, 11) is 0. The van der Waals surface area contributed by atoms with E-state index in [1.165, 1.54) is 0 Å². The number of hydrogen-bond donors (Lipinski definition) is 0. The largest absolute Gasteiger partial charge is 0.359 e. The lowest BCUT2D eigenvalue weighted by atomic mass is 10.1. The van der Waals surface area contributed by atoms with Crippen molar-refractivity contribution < 1.29 is 14.6 Å². The number of rotatable bonds is 4. The molecular weight excluding hydrogens is 252 g/mol. The highest BCUT2D eigenvalue weighted by Crippen LogP contribution is 2.16. The molecule has 2 aromatic carbocycles. The van der Waals surface area contributed by atoms with E-state index in [1.54, 1.807) is 42.5 Å². The van der Waals surface area contributed by atoms with Gasteiger partial charge in [-0.1, -0.05) is 48.0 Å². The fourth-order valence-electron chi connectivity index (χ4n) is 1.40. The molecule has 2 aromatic rings. The van der Waals surface area contributed by atoms with Crippen LogP contribution in [0.15, 0.2) is 54.6 Å². The normalized spacial score (nSPS) is 9.83. The maximum atomic E-state index is 11.5. The number of benzene rings is 2. The quantitative estimate of drug-likeness (QED) is 0.626. The van der Waals surface area contributed by atoms with Crippen LogP contribution in [-0.4, -0.2) is 5.97 Å². The Balaban J connectivity index is 1.88. The van der Waals surface area contributed by atoms with Gasteiger partial charge in [0.2, 0.25) is 0 Å². The molecule has 2 rings (SSSR count). The molecule has 0 spiro atoms. The van der Waals surface area contributed by atoms with Crippen LogP contribution in [0, 0.1) is 0 Å². The summed E-state index contributed by atoms with van der Waals surface area (Å²) in [6, 6.07) is 15.9. The van der Waals surface area contributed by atoms with Gasteiger partial charge in [-0.25, -0.2) is 4.79 Å². The minimum absolute atomic E-state index is 0.0759. The van der Waals surface area contributed by atoms with Crippen LogP contribution in [0.25, 0.3) is 0 Å². The maximum Gasteiger partial charge on any atom is 0.359 e. The molecule has 0 atom stereocenters. The Morgan fingerprint density at radius 2 is 1.67 bits per heavy atom. The second kappa shape index (κ2) is 6.07. The van der Waals surface area contributed by atoms with Crippen LogP contribution in [0.1, 0.15) is 5.56 Å². The van der Waals surface area contributed by atoms with E-state index in [0.717, 1.165) is 0 Å². The molecule has 0 unspecified atom stereocenters. The van der Waals surface area contributed by atoms with Gasteiger partial charge in [-0.2, -0.15) is 0 Å². The summed E-state index contributed by atoms with van der Waals surface area (Å²) < 4.78 is 0. The topological polar surface area (TPSA) is 35.5 Å². The van der Waals surface area contributed by atoms with E-state index in [9.17, 15) is 4.79 Å². The fraction of sp³-hybridized carbons (Fsp3) is 0.0714. The first-order valence-electron chi connectivity index (χ1n) is 5.41. The second-order valence-electron chi connectivity index (χ2n) is 3.62. The molecule has 0 bridgehead atoms. The first-order chi connectivity index (χ1) is 8.75. The maximum absolute atomic E-state index is 11.5. The summed E-state index contributed by atoms with van der Waals surface area (Å²) in [6.07, 6.45) is 0.0759. The molecule has 0 N–H and O–H groups in total. The zero-order valence-corrected chi connectivity index (χ0v) is 10.3. The molecule has 3 nitrogen and oxygen atoms in total. The zero-order chi connectivity index (χ0) is 12.8. The third kappa shape index (κ3) is 3.50. The van der Waals surface area contributed by atoms with Gasteiger partial charge in [0.1, 0.15) is 0 Å². The molecule has 0 radical (unpaired) electrons. The van der Waals surface area contributed by atoms with Crippen LogP contribution in [0.5, 0.6) is 5.75 Å². The van der Waals surface area contributed by atoms with Crippen molar-refractivity contribution in [2.45, 2.75) is 6.42 Å². The number of carbonyl (C=O) groups excluding carboxylic acids is 1. The molecule has 0 aliphatic heterocycles. The van der Waals surface area contributed by atoms with Crippen molar-refractivity contribution in [2.75, 3.05) is 0 Å². The standard InChI is InChI=1S/C14H11ClO3/c15-13-9-5-4-6-11(13)10-14(16)18-17-12-7-2-1-3-8-12/h1-9H,10H2. The van der Waals surface area contributed by atoms with E-state index in [0.29, 0.717) is 16.3 Å². The van der Waals surface area contributed by atoms with Crippen molar-refractivity contribution in [3.05, 3.63) is 65.2 Å². The molecule has 0 aromatic heterocycles. The van der Waals surface area contributed by atoms with Gasteiger partial charge in [-0.05, 0) is 23.8 Å². The highest BCUT2D eigenvalue weighted by molar-refractivity contribution is 6.31.